The van der Waals surface area contributed by atoms with Crippen LogP contribution in [-0.2, 0) is 0 Å². The van der Waals surface area contributed by atoms with Crippen LogP contribution in [0.25, 0.3) is 0 Å². The molecule has 0 rings (SSSR count). The monoisotopic (exact) mass is 422 g/mol. The highest BCUT2D eigenvalue weighted by Crippen LogP contribution is 2.22. The highest BCUT2D eigenvalue weighted by atomic mass is 14.1. The molecule has 0 heteroatoms. The molecule has 0 bridgehead atoms. The first-order chi connectivity index (χ1) is 14.8. The van der Waals surface area contributed by atoms with Crippen LogP contribution < -0.4 is 0 Å². The van der Waals surface area contributed by atoms with Crippen LogP contribution in [0, 0.1) is 5.92 Å². The van der Waals surface area contributed by atoms with Gasteiger partial charge in [-0.1, -0.05) is 188 Å². The molecule has 0 fully saturated rings. The Balaban J connectivity index is 3.20. The van der Waals surface area contributed by atoms with Crippen LogP contribution in [0.4, 0.5) is 0 Å². The normalized spacial score (nSPS) is 12.5. The molecule has 0 aliphatic rings. The van der Waals surface area contributed by atoms with Crippen molar-refractivity contribution < 1.29 is 0 Å². The maximum absolute atomic E-state index is 2.41. The SMILES string of the molecule is CCCCCCCCCCCCCCCCCCCC(CC)CCCCCCCC. The molecule has 0 amide bonds. The van der Waals surface area contributed by atoms with Gasteiger partial charge < -0.3 is 0 Å². The van der Waals surface area contributed by atoms with Crippen molar-refractivity contribution in [3.63, 3.8) is 0 Å². The van der Waals surface area contributed by atoms with Crippen LogP contribution in [0.1, 0.15) is 188 Å². The fourth-order valence-corrected chi connectivity index (χ4v) is 4.92. The molecule has 30 heavy (non-hydrogen) atoms. The Morgan fingerprint density at radius 2 is 0.533 bits per heavy atom. The fourth-order valence-electron chi connectivity index (χ4n) is 4.92. The van der Waals surface area contributed by atoms with Crippen LogP contribution in [0.15, 0.2) is 0 Å². The van der Waals surface area contributed by atoms with Crippen molar-refractivity contribution >= 4 is 0 Å². The van der Waals surface area contributed by atoms with Crippen molar-refractivity contribution in [2.24, 2.45) is 5.92 Å². The van der Waals surface area contributed by atoms with Gasteiger partial charge in [0.1, 0.15) is 0 Å². The molecule has 0 spiro atoms. The molecule has 1 atom stereocenters. The number of hydrogen-bond donors (Lipinski definition) is 0. The largest absolute Gasteiger partial charge is 0.0654 e. The lowest BCUT2D eigenvalue weighted by atomic mass is 9.92. The third-order valence-electron chi connectivity index (χ3n) is 7.26. The smallest absolute Gasteiger partial charge is 0.0417 e. The first kappa shape index (κ1) is 30.0. The summed E-state index contributed by atoms with van der Waals surface area (Å²) in [6, 6.07) is 0. The molecular formula is C30H62. The molecule has 1 unspecified atom stereocenters. The zero-order valence-electron chi connectivity index (χ0n) is 22.0. The lowest BCUT2D eigenvalue weighted by Crippen LogP contribution is -1.99. The van der Waals surface area contributed by atoms with E-state index in [1.165, 1.54) is 167 Å². The van der Waals surface area contributed by atoms with Crippen molar-refractivity contribution in [3.05, 3.63) is 0 Å². The van der Waals surface area contributed by atoms with E-state index in [2.05, 4.69) is 20.8 Å². The van der Waals surface area contributed by atoms with Crippen LogP contribution >= 0.6 is 0 Å². The molecule has 0 aromatic heterocycles. The average molecular weight is 423 g/mol. The summed E-state index contributed by atoms with van der Waals surface area (Å²) in [5.41, 5.74) is 0. The minimum Gasteiger partial charge on any atom is -0.0654 e. The van der Waals surface area contributed by atoms with E-state index < -0.39 is 0 Å². The molecule has 0 aromatic carbocycles. The summed E-state index contributed by atoms with van der Waals surface area (Å²) < 4.78 is 0. The van der Waals surface area contributed by atoms with Gasteiger partial charge in [0.05, 0.1) is 0 Å². The average Bonchev–Trinajstić information content (AvgIpc) is 2.76. The van der Waals surface area contributed by atoms with Crippen LogP contribution in [0.2, 0.25) is 0 Å². The van der Waals surface area contributed by atoms with Crippen molar-refractivity contribution in [1.82, 2.24) is 0 Å². The molecule has 0 aliphatic carbocycles. The Bertz CT molecular complexity index is 282. The highest BCUT2D eigenvalue weighted by molar-refractivity contribution is 4.59. The van der Waals surface area contributed by atoms with E-state index in [-0.39, 0.29) is 0 Å². The molecule has 0 aliphatic heterocycles. The topological polar surface area (TPSA) is 0 Å². The van der Waals surface area contributed by atoms with E-state index in [4.69, 9.17) is 0 Å². The summed E-state index contributed by atoms with van der Waals surface area (Å²) >= 11 is 0. The van der Waals surface area contributed by atoms with E-state index in [0.717, 1.165) is 5.92 Å². The van der Waals surface area contributed by atoms with Gasteiger partial charge in [0.15, 0.2) is 0 Å². The predicted octanol–water partition coefficient (Wildman–Crippen LogP) is 11.8. The molecule has 0 saturated carbocycles. The molecule has 0 nitrogen and oxygen atoms in total. The lowest BCUT2D eigenvalue weighted by Gasteiger charge is -2.14. The highest BCUT2D eigenvalue weighted by Gasteiger charge is 2.05. The summed E-state index contributed by atoms with van der Waals surface area (Å²) in [4.78, 5) is 0. The van der Waals surface area contributed by atoms with Gasteiger partial charge >= 0.3 is 0 Å². The molecule has 0 heterocycles. The van der Waals surface area contributed by atoms with Gasteiger partial charge in [-0.15, -0.1) is 0 Å². The Morgan fingerprint density at radius 3 is 0.767 bits per heavy atom. The second kappa shape index (κ2) is 27.0. The summed E-state index contributed by atoms with van der Waals surface area (Å²) in [6.07, 6.45) is 38.3. The summed E-state index contributed by atoms with van der Waals surface area (Å²) in [5, 5.41) is 0. The molecule has 0 saturated heterocycles. The maximum Gasteiger partial charge on any atom is -0.0417 e. The minimum absolute atomic E-state index is 1.02. The van der Waals surface area contributed by atoms with Crippen LogP contribution in [-0.4, -0.2) is 0 Å². The molecule has 0 aromatic rings. The predicted molar refractivity (Wildman–Crippen MR) is 141 cm³/mol. The van der Waals surface area contributed by atoms with Gasteiger partial charge in [0.2, 0.25) is 0 Å². The lowest BCUT2D eigenvalue weighted by molar-refractivity contribution is 0.392. The third-order valence-corrected chi connectivity index (χ3v) is 7.26. The van der Waals surface area contributed by atoms with E-state index >= 15 is 0 Å². The Morgan fingerprint density at radius 1 is 0.300 bits per heavy atom. The zero-order chi connectivity index (χ0) is 22.0. The van der Waals surface area contributed by atoms with Crippen LogP contribution in [0.5, 0.6) is 0 Å². The second-order valence-corrected chi connectivity index (χ2v) is 10.3. The second-order valence-electron chi connectivity index (χ2n) is 10.3. The summed E-state index contributed by atoms with van der Waals surface area (Å²) in [7, 11) is 0. The Hall–Kier alpha value is 0. The van der Waals surface area contributed by atoms with Gasteiger partial charge in [-0.2, -0.15) is 0 Å². The Kier molecular flexibility index (Phi) is 27.0. The maximum atomic E-state index is 2.41. The first-order valence-corrected chi connectivity index (χ1v) is 14.8. The molecule has 0 radical (unpaired) electrons. The standard InChI is InChI=1S/C30H62/c1-4-7-9-11-13-14-15-16-17-18-19-20-21-22-23-25-27-29-30(6-3)28-26-24-12-10-8-5-2/h30H,4-29H2,1-3H3. The fraction of sp³-hybridized carbons (Fsp3) is 1.00. The first-order valence-electron chi connectivity index (χ1n) is 14.8. The Labute approximate surface area is 193 Å². The van der Waals surface area contributed by atoms with Crippen LogP contribution in [0.3, 0.4) is 0 Å². The number of unbranched alkanes of at least 4 members (excludes halogenated alkanes) is 21. The molecule has 182 valence electrons. The molecular weight excluding hydrogens is 360 g/mol. The van der Waals surface area contributed by atoms with Crippen molar-refractivity contribution in [1.29, 1.82) is 0 Å². The van der Waals surface area contributed by atoms with Gasteiger partial charge in [-0.05, 0) is 5.92 Å². The zero-order valence-corrected chi connectivity index (χ0v) is 22.0. The third kappa shape index (κ3) is 24.3. The summed E-state index contributed by atoms with van der Waals surface area (Å²) in [6.45, 7) is 7.03. The summed E-state index contributed by atoms with van der Waals surface area (Å²) in [5.74, 6) is 1.02. The van der Waals surface area contributed by atoms with Crippen molar-refractivity contribution in [2.45, 2.75) is 188 Å². The van der Waals surface area contributed by atoms with Gasteiger partial charge in [0, 0.05) is 0 Å². The van der Waals surface area contributed by atoms with Crippen molar-refractivity contribution in [2.75, 3.05) is 0 Å². The van der Waals surface area contributed by atoms with E-state index in [9.17, 15) is 0 Å². The quantitative estimate of drug-likeness (QED) is 0.122. The van der Waals surface area contributed by atoms with E-state index in [0.29, 0.717) is 0 Å². The minimum atomic E-state index is 1.02. The number of rotatable bonds is 26. The molecule has 0 N–H and O–H groups in total. The number of hydrogen-bond acceptors (Lipinski definition) is 0. The van der Waals surface area contributed by atoms with Gasteiger partial charge in [-0.25, -0.2) is 0 Å². The van der Waals surface area contributed by atoms with E-state index in [1.807, 2.05) is 0 Å². The van der Waals surface area contributed by atoms with Gasteiger partial charge in [0.25, 0.3) is 0 Å². The van der Waals surface area contributed by atoms with Crippen molar-refractivity contribution in [3.8, 4) is 0 Å². The van der Waals surface area contributed by atoms with Gasteiger partial charge in [-0.3, -0.25) is 0 Å². The van der Waals surface area contributed by atoms with E-state index in [1.54, 1.807) is 0 Å².